The SMILES string of the molecule is COc1nc(-c2ccc(F)c(-c3cccc(NC(=O)c4ccnn(C)c4=O)c3Cl)c2Cl)cc2c1[C@@H](N1CC3(CCC(=O)N3)C1)CC2. The number of aromatic nitrogens is 3. The van der Waals surface area contributed by atoms with Crippen molar-refractivity contribution in [1.82, 2.24) is 25.0 Å². The number of amides is 2. The third-order valence-corrected chi connectivity index (χ3v) is 9.94. The van der Waals surface area contributed by atoms with Gasteiger partial charge in [-0.2, -0.15) is 5.10 Å². The van der Waals surface area contributed by atoms with Crippen molar-refractivity contribution in [1.29, 1.82) is 0 Å². The number of nitrogens with zero attached hydrogens (tertiary/aromatic N) is 4. The fourth-order valence-electron chi connectivity index (χ4n) is 6.89. The Balaban J connectivity index is 1.21. The van der Waals surface area contributed by atoms with Gasteiger partial charge in [0, 0.05) is 61.1 Å². The van der Waals surface area contributed by atoms with Crippen molar-refractivity contribution in [3.8, 4) is 28.3 Å². The number of carbonyl (C=O) groups is 2. The molecule has 1 atom stereocenters. The standard InChI is InChI=1S/C33H29Cl2FN6O4/c1-41-32(45)20(11-13-37-41)30(44)38-22-5-3-4-19(28(22)34)27-21(36)8-7-18(29(27)35)23-14-17-6-9-24(26(17)31(39-23)46-2)42-15-33(16-42)12-10-25(43)40-33/h3-5,7-8,11,13-14,24H,6,9-10,12,15-16H2,1-2H3,(H,38,44)(H,40,43)/t24-/m0/s1. The lowest BCUT2D eigenvalue weighted by Gasteiger charge is -2.50. The molecule has 236 valence electrons. The highest BCUT2D eigenvalue weighted by atomic mass is 35.5. The molecule has 4 aromatic rings. The molecule has 13 heteroatoms. The van der Waals surface area contributed by atoms with E-state index in [9.17, 15) is 14.4 Å². The van der Waals surface area contributed by atoms with Crippen LogP contribution in [0.5, 0.6) is 5.88 Å². The van der Waals surface area contributed by atoms with Crippen LogP contribution < -0.4 is 20.9 Å². The maximum Gasteiger partial charge on any atom is 0.279 e. The van der Waals surface area contributed by atoms with Gasteiger partial charge in [0.15, 0.2) is 0 Å². The molecular weight excluding hydrogens is 634 g/mol. The summed E-state index contributed by atoms with van der Waals surface area (Å²) in [7, 11) is 3.02. The van der Waals surface area contributed by atoms with Gasteiger partial charge in [-0.1, -0.05) is 35.3 Å². The van der Waals surface area contributed by atoms with Gasteiger partial charge in [-0.3, -0.25) is 19.3 Å². The van der Waals surface area contributed by atoms with Crippen molar-refractivity contribution in [3.05, 3.63) is 91.6 Å². The Bertz CT molecular complexity index is 1990. The molecule has 0 radical (unpaired) electrons. The predicted molar refractivity (Wildman–Crippen MR) is 172 cm³/mol. The van der Waals surface area contributed by atoms with E-state index >= 15 is 4.39 Å². The van der Waals surface area contributed by atoms with Gasteiger partial charge >= 0.3 is 0 Å². The summed E-state index contributed by atoms with van der Waals surface area (Å²) in [5, 5.41) is 9.76. The van der Waals surface area contributed by atoms with Gasteiger partial charge in [-0.05, 0) is 55.2 Å². The summed E-state index contributed by atoms with van der Waals surface area (Å²) in [6, 6.07) is 11.0. The molecule has 2 fully saturated rings. The van der Waals surface area contributed by atoms with Crippen LogP contribution in [0, 0.1) is 5.82 Å². The Morgan fingerprint density at radius 3 is 2.65 bits per heavy atom. The van der Waals surface area contributed by atoms with Crippen LogP contribution in [0.3, 0.4) is 0 Å². The Kier molecular flexibility index (Phi) is 7.57. The van der Waals surface area contributed by atoms with Crippen molar-refractivity contribution in [2.45, 2.75) is 37.3 Å². The number of pyridine rings is 1. The van der Waals surface area contributed by atoms with Gasteiger partial charge in [0.25, 0.3) is 11.5 Å². The summed E-state index contributed by atoms with van der Waals surface area (Å²) in [5.41, 5.74) is 2.78. The molecule has 2 N–H and O–H groups in total. The quantitative estimate of drug-likeness (QED) is 0.293. The van der Waals surface area contributed by atoms with E-state index < -0.39 is 17.3 Å². The molecule has 2 aliphatic heterocycles. The van der Waals surface area contributed by atoms with Gasteiger partial charge in [0.2, 0.25) is 11.8 Å². The van der Waals surface area contributed by atoms with Crippen LogP contribution in [0.25, 0.3) is 22.4 Å². The summed E-state index contributed by atoms with van der Waals surface area (Å²) in [5.74, 6) is -0.698. The number of likely N-dealkylation sites (tertiary alicyclic amines) is 1. The highest BCUT2D eigenvalue weighted by molar-refractivity contribution is 6.39. The molecule has 2 aromatic heterocycles. The van der Waals surface area contributed by atoms with Gasteiger partial charge in [0.1, 0.15) is 11.4 Å². The monoisotopic (exact) mass is 662 g/mol. The molecule has 1 spiro atoms. The number of methoxy groups -OCH3 is 1. The van der Waals surface area contributed by atoms with E-state index in [1.165, 1.54) is 25.4 Å². The van der Waals surface area contributed by atoms with Crippen LogP contribution in [0.15, 0.2) is 53.5 Å². The van der Waals surface area contributed by atoms with E-state index in [4.69, 9.17) is 32.9 Å². The second-order valence-electron chi connectivity index (χ2n) is 12.0. The Morgan fingerprint density at radius 1 is 1.11 bits per heavy atom. The lowest BCUT2D eigenvalue weighted by molar-refractivity contribution is -0.121. The maximum absolute atomic E-state index is 15.5. The largest absolute Gasteiger partial charge is 0.481 e. The zero-order chi connectivity index (χ0) is 32.3. The van der Waals surface area contributed by atoms with Crippen molar-refractivity contribution in [2.24, 2.45) is 7.05 Å². The summed E-state index contributed by atoms with van der Waals surface area (Å²) >= 11 is 13.7. The maximum atomic E-state index is 15.5. The van der Waals surface area contributed by atoms with E-state index in [0.29, 0.717) is 23.6 Å². The molecule has 10 nitrogen and oxygen atoms in total. The first-order valence-electron chi connectivity index (χ1n) is 14.8. The summed E-state index contributed by atoms with van der Waals surface area (Å²) < 4.78 is 22.4. The summed E-state index contributed by atoms with van der Waals surface area (Å²) in [4.78, 5) is 44.4. The molecule has 2 saturated heterocycles. The number of halogens is 3. The van der Waals surface area contributed by atoms with Gasteiger partial charge in [-0.25, -0.2) is 14.1 Å². The lowest BCUT2D eigenvalue weighted by atomic mass is 9.86. The first-order chi connectivity index (χ1) is 22.1. The minimum atomic E-state index is -0.684. The Labute approximate surface area is 273 Å². The molecule has 0 bridgehead atoms. The molecule has 1 aliphatic carbocycles. The van der Waals surface area contributed by atoms with Gasteiger partial charge in [-0.15, -0.1) is 0 Å². The molecule has 46 heavy (non-hydrogen) atoms. The fraction of sp³-hybridized carbons (Fsp3) is 0.303. The number of hydrogen-bond acceptors (Lipinski definition) is 7. The smallest absolute Gasteiger partial charge is 0.279 e. The molecule has 2 aromatic carbocycles. The fourth-order valence-corrected chi connectivity index (χ4v) is 7.51. The van der Waals surface area contributed by atoms with Crippen LogP contribution in [0.2, 0.25) is 10.0 Å². The van der Waals surface area contributed by atoms with E-state index in [-0.39, 0.29) is 49.9 Å². The molecule has 0 unspecified atom stereocenters. The van der Waals surface area contributed by atoms with Crippen molar-refractivity contribution < 1.29 is 18.7 Å². The Hall–Kier alpha value is -4.32. The number of hydrogen-bond donors (Lipinski definition) is 2. The Morgan fingerprint density at radius 2 is 1.91 bits per heavy atom. The average Bonchev–Trinajstić information content (AvgIpc) is 3.62. The number of fused-ring (bicyclic) bond motifs is 1. The van der Waals surface area contributed by atoms with E-state index in [2.05, 4.69) is 20.6 Å². The van der Waals surface area contributed by atoms with E-state index in [1.54, 1.807) is 31.4 Å². The second-order valence-corrected chi connectivity index (χ2v) is 12.7. The third-order valence-electron chi connectivity index (χ3n) is 9.14. The van der Waals surface area contributed by atoms with Gasteiger partial charge in [0.05, 0.1) is 34.1 Å². The zero-order valence-corrected chi connectivity index (χ0v) is 26.5. The third kappa shape index (κ3) is 5.03. The van der Waals surface area contributed by atoms with Gasteiger partial charge < -0.3 is 15.4 Å². The summed E-state index contributed by atoms with van der Waals surface area (Å²) in [6.45, 7) is 1.58. The number of benzene rings is 2. The molecule has 3 aliphatic rings. The second kappa shape index (κ2) is 11.5. The number of rotatable bonds is 6. The highest BCUT2D eigenvalue weighted by Crippen LogP contribution is 2.48. The van der Waals surface area contributed by atoms with E-state index in [0.717, 1.165) is 48.2 Å². The van der Waals surface area contributed by atoms with Crippen molar-refractivity contribution in [2.75, 3.05) is 25.5 Å². The first-order valence-corrected chi connectivity index (χ1v) is 15.6. The normalized spacial score (nSPS) is 18.3. The van der Waals surface area contributed by atoms with Crippen LogP contribution in [-0.2, 0) is 18.3 Å². The topological polar surface area (TPSA) is 118 Å². The molecule has 2 amide bonds. The minimum Gasteiger partial charge on any atom is -0.481 e. The van der Waals surface area contributed by atoms with Crippen LogP contribution in [0.1, 0.15) is 46.8 Å². The van der Waals surface area contributed by atoms with Crippen molar-refractivity contribution in [3.63, 3.8) is 0 Å². The lowest BCUT2D eigenvalue weighted by Crippen LogP contribution is -2.67. The highest BCUT2D eigenvalue weighted by Gasteiger charge is 2.51. The number of aryl methyl sites for hydroxylation is 2. The number of ether oxygens (including phenoxy) is 1. The minimum absolute atomic E-state index is 0.0451. The number of carbonyl (C=O) groups excluding carboxylic acids is 2. The number of anilines is 1. The predicted octanol–water partition coefficient (Wildman–Crippen LogP) is 5.17. The average molecular weight is 664 g/mol. The molecular formula is C33H29Cl2FN6O4. The first kappa shape index (κ1) is 30.3. The zero-order valence-electron chi connectivity index (χ0n) is 25.0. The van der Waals surface area contributed by atoms with Crippen LogP contribution in [0.4, 0.5) is 10.1 Å². The van der Waals surface area contributed by atoms with Crippen molar-refractivity contribution >= 4 is 40.7 Å². The number of nitrogens with one attached hydrogen (secondary N) is 2. The van der Waals surface area contributed by atoms with Crippen LogP contribution >= 0.6 is 23.2 Å². The molecule has 0 saturated carbocycles. The van der Waals surface area contributed by atoms with E-state index in [1.807, 2.05) is 6.07 Å². The molecule has 4 heterocycles. The summed E-state index contributed by atoms with van der Waals surface area (Å²) in [6.07, 6.45) is 4.46. The van der Waals surface area contributed by atoms with Crippen LogP contribution in [-0.4, -0.2) is 57.2 Å². The molecule has 7 rings (SSSR count).